The fraction of sp³-hybridized carbons (Fsp3) is 0.263. The summed E-state index contributed by atoms with van der Waals surface area (Å²) >= 11 is 0. The van der Waals surface area contributed by atoms with Crippen molar-refractivity contribution in [3.8, 4) is 5.75 Å². The quantitative estimate of drug-likeness (QED) is 0.714. The molecule has 0 atom stereocenters. The monoisotopic (exact) mass is 345 g/mol. The van der Waals surface area contributed by atoms with Crippen molar-refractivity contribution in [3.63, 3.8) is 0 Å². The molecule has 0 radical (unpaired) electrons. The van der Waals surface area contributed by atoms with E-state index in [1.165, 1.54) is 4.31 Å². The average Bonchev–Trinajstić information content (AvgIpc) is 2.59. The fourth-order valence-corrected chi connectivity index (χ4v) is 4.02. The Balaban J connectivity index is 2.48. The van der Waals surface area contributed by atoms with E-state index < -0.39 is 10.0 Å². The zero-order valence-electron chi connectivity index (χ0n) is 14.3. The third kappa shape index (κ3) is 3.62. The Bertz CT molecular complexity index is 811. The molecular weight excluding hydrogens is 322 g/mol. The van der Waals surface area contributed by atoms with E-state index in [1.807, 2.05) is 31.2 Å². The van der Waals surface area contributed by atoms with E-state index in [1.54, 1.807) is 31.4 Å². The van der Waals surface area contributed by atoms with Gasteiger partial charge in [0, 0.05) is 0 Å². The Hall–Kier alpha value is -2.27. The topological polar surface area (TPSA) is 46.6 Å². The summed E-state index contributed by atoms with van der Waals surface area (Å²) in [6.07, 6.45) is 2.49. The molecule has 0 saturated heterocycles. The average molecular weight is 345 g/mol. The fourth-order valence-electron chi connectivity index (χ4n) is 2.50. The number of benzene rings is 2. The first-order chi connectivity index (χ1) is 11.4. The number of hydrogen-bond donors (Lipinski definition) is 0. The molecule has 24 heavy (non-hydrogen) atoms. The van der Waals surface area contributed by atoms with E-state index >= 15 is 0 Å². The highest BCUT2D eigenvalue weighted by Crippen LogP contribution is 2.27. The Morgan fingerprint density at radius 3 is 2.33 bits per heavy atom. The van der Waals surface area contributed by atoms with Gasteiger partial charge in [0.05, 0.1) is 24.2 Å². The Labute approximate surface area is 144 Å². The largest absolute Gasteiger partial charge is 0.496 e. The van der Waals surface area contributed by atoms with E-state index in [2.05, 4.69) is 13.5 Å². The molecule has 0 unspecified atom stereocenters. The predicted molar refractivity (Wildman–Crippen MR) is 98.3 cm³/mol. The molecule has 4 nitrogen and oxygen atoms in total. The van der Waals surface area contributed by atoms with Gasteiger partial charge >= 0.3 is 0 Å². The Kier molecular flexibility index (Phi) is 5.67. The molecule has 2 aromatic rings. The lowest BCUT2D eigenvalue weighted by atomic mass is 10.1. The normalized spacial score (nSPS) is 11.1. The lowest BCUT2D eigenvalue weighted by Gasteiger charge is -2.24. The number of nitrogens with zero attached hydrogens (tertiary/aromatic N) is 1. The number of methoxy groups -OCH3 is 1. The highest BCUT2D eigenvalue weighted by molar-refractivity contribution is 7.92. The second-order valence-corrected chi connectivity index (χ2v) is 7.34. The van der Waals surface area contributed by atoms with Gasteiger partial charge in [-0.15, -0.1) is 6.58 Å². The molecule has 0 aliphatic rings. The van der Waals surface area contributed by atoms with Gasteiger partial charge in [-0.2, -0.15) is 0 Å². The van der Waals surface area contributed by atoms with Crippen LogP contribution in [-0.4, -0.2) is 22.1 Å². The summed E-state index contributed by atoms with van der Waals surface area (Å²) in [6.45, 7) is 7.78. The maximum atomic E-state index is 13.1. The predicted octanol–water partition coefficient (Wildman–Crippen LogP) is 3.95. The minimum atomic E-state index is -3.68. The molecule has 2 rings (SSSR count). The molecule has 0 heterocycles. The van der Waals surface area contributed by atoms with Crippen LogP contribution in [0.3, 0.4) is 0 Å². The third-order valence-corrected chi connectivity index (χ3v) is 5.67. The van der Waals surface area contributed by atoms with Crippen LogP contribution in [0.15, 0.2) is 60.0 Å². The van der Waals surface area contributed by atoms with E-state index in [4.69, 9.17) is 4.74 Å². The van der Waals surface area contributed by atoms with Gasteiger partial charge in [0.2, 0.25) is 0 Å². The first-order valence-corrected chi connectivity index (χ1v) is 9.25. The highest BCUT2D eigenvalue weighted by Gasteiger charge is 2.24. The molecule has 0 aliphatic carbocycles. The number of sulfonamides is 1. The molecule has 0 spiro atoms. The maximum Gasteiger partial charge on any atom is 0.264 e. The van der Waals surface area contributed by atoms with Crippen LogP contribution in [0.25, 0.3) is 0 Å². The van der Waals surface area contributed by atoms with Gasteiger partial charge in [-0.3, -0.25) is 4.31 Å². The van der Waals surface area contributed by atoms with Crippen LogP contribution in [0.1, 0.15) is 18.1 Å². The van der Waals surface area contributed by atoms with Crippen molar-refractivity contribution in [2.24, 2.45) is 0 Å². The van der Waals surface area contributed by atoms with Crippen molar-refractivity contribution >= 4 is 15.7 Å². The minimum Gasteiger partial charge on any atom is -0.496 e. The molecule has 0 aromatic heterocycles. The lowest BCUT2D eigenvalue weighted by molar-refractivity contribution is 0.411. The van der Waals surface area contributed by atoms with Gasteiger partial charge in [0.15, 0.2) is 0 Å². The molecule has 0 N–H and O–H groups in total. The zero-order valence-corrected chi connectivity index (χ0v) is 15.1. The minimum absolute atomic E-state index is 0.207. The first kappa shape index (κ1) is 18.1. The number of anilines is 1. The first-order valence-electron chi connectivity index (χ1n) is 7.81. The van der Waals surface area contributed by atoms with E-state index in [0.29, 0.717) is 11.4 Å². The number of ether oxygens (including phenoxy) is 1. The summed E-state index contributed by atoms with van der Waals surface area (Å²) in [5.41, 5.74) is 2.56. The number of aryl methyl sites for hydroxylation is 2. The molecule has 0 aliphatic heterocycles. The Morgan fingerprint density at radius 1 is 1.17 bits per heavy atom. The van der Waals surface area contributed by atoms with Gasteiger partial charge in [-0.05, 0) is 54.8 Å². The molecule has 5 heteroatoms. The summed E-state index contributed by atoms with van der Waals surface area (Å²) in [5, 5.41) is 0. The van der Waals surface area contributed by atoms with Gasteiger partial charge in [-0.25, -0.2) is 8.42 Å². The summed E-state index contributed by atoms with van der Waals surface area (Å²) in [4.78, 5) is 0.238. The van der Waals surface area contributed by atoms with Gasteiger partial charge < -0.3 is 4.74 Å². The molecule has 0 fully saturated rings. The van der Waals surface area contributed by atoms with Crippen LogP contribution in [0.2, 0.25) is 0 Å². The van der Waals surface area contributed by atoms with Crippen molar-refractivity contribution in [2.75, 3.05) is 18.0 Å². The van der Waals surface area contributed by atoms with Crippen LogP contribution >= 0.6 is 0 Å². The highest BCUT2D eigenvalue weighted by atomic mass is 32.2. The summed E-state index contributed by atoms with van der Waals surface area (Å²) in [7, 11) is -2.11. The summed E-state index contributed by atoms with van der Waals surface area (Å²) in [5.74, 6) is 0.663. The number of hydrogen-bond acceptors (Lipinski definition) is 3. The second kappa shape index (κ2) is 7.53. The van der Waals surface area contributed by atoms with Crippen molar-refractivity contribution in [1.29, 1.82) is 0 Å². The zero-order chi connectivity index (χ0) is 17.7. The molecule has 128 valence electrons. The Morgan fingerprint density at radius 2 is 1.83 bits per heavy atom. The van der Waals surface area contributed by atoms with E-state index in [-0.39, 0.29) is 11.4 Å². The van der Waals surface area contributed by atoms with Crippen LogP contribution in [-0.2, 0) is 16.4 Å². The second-order valence-electron chi connectivity index (χ2n) is 5.48. The number of rotatable bonds is 7. The summed E-state index contributed by atoms with van der Waals surface area (Å²) < 4.78 is 32.7. The van der Waals surface area contributed by atoms with Crippen LogP contribution in [0.4, 0.5) is 5.69 Å². The van der Waals surface area contributed by atoms with E-state index in [9.17, 15) is 8.42 Å². The maximum absolute atomic E-state index is 13.1. The van der Waals surface area contributed by atoms with Crippen LogP contribution < -0.4 is 9.04 Å². The third-order valence-electron chi connectivity index (χ3n) is 3.88. The molecule has 2 aromatic carbocycles. The van der Waals surface area contributed by atoms with Crippen molar-refractivity contribution in [1.82, 2.24) is 0 Å². The summed E-state index contributed by atoms with van der Waals surface area (Å²) in [6, 6.07) is 12.4. The van der Waals surface area contributed by atoms with Crippen molar-refractivity contribution in [2.45, 2.75) is 25.2 Å². The van der Waals surface area contributed by atoms with Gasteiger partial charge in [0.1, 0.15) is 5.75 Å². The SMILES string of the molecule is C=CCN(c1ccc(CC)cc1)S(=O)(=O)c1ccc(OC)c(C)c1. The smallest absolute Gasteiger partial charge is 0.264 e. The molecule has 0 amide bonds. The molecular formula is C19H23NO3S. The van der Waals surface area contributed by atoms with Gasteiger partial charge in [0.25, 0.3) is 10.0 Å². The standard InChI is InChI=1S/C19H23NO3S/c1-5-13-20(17-9-7-16(6-2)8-10-17)24(21,22)18-11-12-19(23-4)15(3)14-18/h5,7-12,14H,1,6,13H2,2-4H3. The van der Waals surface area contributed by atoms with Crippen molar-refractivity contribution in [3.05, 3.63) is 66.2 Å². The van der Waals surface area contributed by atoms with Crippen LogP contribution in [0.5, 0.6) is 5.75 Å². The van der Waals surface area contributed by atoms with E-state index in [0.717, 1.165) is 17.5 Å². The lowest BCUT2D eigenvalue weighted by Crippen LogP contribution is -2.31. The molecule has 0 saturated carbocycles. The molecule has 0 bridgehead atoms. The van der Waals surface area contributed by atoms with Crippen molar-refractivity contribution < 1.29 is 13.2 Å². The van der Waals surface area contributed by atoms with Gasteiger partial charge in [-0.1, -0.05) is 25.1 Å². The van der Waals surface area contributed by atoms with Crippen LogP contribution in [0, 0.1) is 6.92 Å².